The number of anilines is 1. The van der Waals surface area contributed by atoms with Crippen LogP contribution in [-0.4, -0.2) is 55.2 Å². The number of rotatable bonds is 4. The Morgan fingerprint density at radius 3 is 2.50 bits per heavy atom. The second-order valence-corrected chi connectivity index (χ2v) is 11.6. The molecule has 2 atom stereocenters. The molecule has 2 aromatic heterocycles. The minimum absolute atomic E-state index is 0.137. The highest BCUT2D eigenvalue weighted by atomic mass is 16.6. The summed E-state index contributed by atoms with van der Waals surface area (Å²) in [6, 6.07) is 17.0. The Bertz CT molecular complexity index is 1580. The van der Waals surface area contributed by atoms with Crippen molar-refractivity contribution in [3.05, 3.63) is 60.9 Å². The van der Waals surface area contributed by atoms with Gasteiger partial charge in [0.05, 0.1) is 16.8 Å². The monoisotopic (exact) mass is 540 g/mol. The average molecular weight is 541 g/mol. The van der Waals surface area contributed by atoms with Crippen LogP contribution in [0.15, 0.2) is 60.9 Å². The predicted molar refractivity (Wildman–Crippen MR) is 150 cm³/mol. The molecule has 0 bridgehead atoms. The number of ether oxygens (including phenoxy) is 2. The van der Waals surface area contributed by atoms with E-state index < -0.39 is 11.0 Å². The van der Waals surface area contributed by atoms with Gasteiger partial charge in [0.15, 0.2) is 5.65 Å². The Labute approximate surface area is 232 Å². The third-order valence-electron chi connectivity index (χ3n) is 7.62. The van der Waals surface area contributed by atoms with Gasteiger partial charge >= 0.3 is 6.09 Å². The zero-order valence-corrected chi connectivity index (χ0v) is 22.8. The van der Waals surface area contributed by atoms with Gasteiger partial charge in [0.2, 0.25) is 0 Å². The summed E-state index contributed by atoms with van der Waals surface area (Å²) in [5.41, 5.74) is 7.19. The summed E-state index contributed by atoms with van der Waals surface area (Å²) in [6.45, 7) is 6.36. The lowest BCUT2D eigenvalue weighted by Crippen LogP contribution is -2.38. The summed E-state index contributed by atoms with van der Waals surface area (Å²) in [5.74, 6) is 1.91. The summed E-state index contributed by atoms with van der Waals surface area (Å²) in [7, 11) is 0. The second kappa shape index (κ2) is 9.62. The minimum Gasteiger partial charge on any atom is -0.457 e. The molecule has 40 heavy (non-hydrogen) atoms. The van der Waals surface area contributed by atoms with E-state index in [0.29, 0.717) is 60.6 Å². The van der Waals surface area contributed by atoms with Crippen LogP contribution in [0.3, 0.4) is 0 Å². The zero-order valence-electron chi connectivity index (χ0n) is 22.8. The van der Waals surface area contributed by atoms with Gasteiger partial charge in [0.1, 0.15) is 40.7 Å². The summed E-state index contributed by atoms with van der Waals surface area (Å²) in [5, 5.41) is 5.59. The first-order valence-corrected chi connectivity index (χ1v) is 13.5. The maximum absolute atomic E-state index is 13.4. The van der Waals surface area contributed by atoms with Crippen molar-refractivity contribution in [2.45, 2.75) is 51.7 Å². The van der Waals surface area contributed by atoms with E-state index in [4.69, 9.17) is 20.3 Å². The number of amides is 1. The Morgan fingerprint density at radius 1 is 1.05 bits per heavy atom. The maximum Gasteiger partial charge on any atom is 0.410 e. The van der Waals surface area contributed by atoms with Crippen LogP contribution < -0.4 is 10.5 Å². The number of fused-ring (bicyclic) bond motifs is 1. The molecular formula is C30H32N6O4. The lowest BCUT2D eigenvalue weighted by atomic mass is 9.84. The van der Waals surface area contributed by atoms with E-state index in [1.54, 1.807) is 4.90 Å². The summed E-state index contributed by atoms with van der Waals surface area (Å²) < 4.78 is 13.3. The summed E-state index contributed by atoms with van der Waals surface area (Å²) >= 11 is 0. The fourth-order valence-corrected chi connectivity index (χ4v) is 5.75. The van der Waals surface area contributed by atoms with Crippen molar-refractivity contribution in [1.82, 2.24) is 24.6 Å². The molecule has 10 nitrogen and oxygen atoms in total. The van der Waals surface area contributed by atoms with Gasteiger partial charge in [-0.25, -0.2) is 19.4 Å². The van der Waals surface area contributed by atoms with Crippen LogP contribution in [0.2, 0.25) is 0 Å². The number of benzene rings is 2. The fraction of sp³-hybridized carbons (Fsp3) is 0.367. The highest BCUT2D eigenvalue weighted by molar-refractivity contribution is 5.98. The molecule has 2 unspecified atom stereocenters. The van der Waals surface area contributed by atoms with Crippen LogP contribution in [0, 0.1) is 5.41 Å². The fourth-order valence-electron chi connectivity index (χ4n) is 5.75. The Morgan fingerprint density at radius 2 is 1.77 bits per heavy atom. The van der Waals surface area contributed by atoms with Crippen LogP contribution >= 0.6 is 0 Å². The van der Waals surface area contributed by atoms with E-state index in [-0.39, 0.29) is 17.9 Å². The number of para-hydroxylation sites is 1. The summed E-state index contributed by atoms with van der Waals surface area (Å²) in [4.78, 5) is 36.5. The molecule has 10 heteroatoms. The standard InChI is InChI=1S/C30H32N6O4/c1-29(2,3)40-28(38)35-14-13-30(17-35)16-20(15-23(30)37)36-27-24(26(31)32-18-33-27)25(34-36)19-9-11-22(12-10-19)39-21-7-5-4-6-8-21/h4-12,18,20H,13-17H2,1-3H3,(H2,31,32,33). The smallest absolute Gasteiger partial charge is 0.410 e. The molecule has 2 aliphatic rings. The summed E-state index contributed by atoms with van der Waals surface area (Å²) in [6.07, 6.45) is 2.52. The number of ketones is 1. The Kier molecular flexibility index (Phi) is 6.20. The lowest BCUT2D eigenvalue weighted by molar-refractivity contribution is -0.125. The van der Waals surface area contributed by atoms with Crippen LogP contribution in [0.25, 0.3) is 22.3 Å². The maximum atomic E-state index is 13.4. The molecule has 3 heterocycles. The quantitative estimate of drug-likeness (QED) is 0.365. The third kappa shape index (κ3) is 4.74. The SMILES string of the molecule is CC(C)(C)OC(=O)N1CCC2(CC(n3nc(-c4ccc(Oc5ccccc5)cc4)c4c(N)ncnc43)CC2=O)C1. The Balaban J connectivity index is 1.28. The van der Waals surface area contributed by atoms with Gasteiger partial charge in [-0.3, -0.25) is 4.79 Å². The number of hydrogen-bond donors (Lipinski definition) is 1. The minimum atomic E-state index is -0.616. The van der Waals surface area contributed by atoms with Crippen molar-refractivity contribution in [3.8, 4) is 22.8 Å². The Hall–Kier alpha value is -4.47. The van der Waals surface area contributed by atoms with Crippen molar-refractivity contribution in [2.75, 3.05) is 18.8 Å². The van der Waals surface area contributed by atoms with Crippen molar-refractivity contribution in [2.24, 2.45) is 5.41 Å². The first kappa shape index (κ1) is 25.8. The number of hydrogen-bond acceptors (Lipinski definition) is 8. The molecule has 2 aromatic carbocycles. The zero-order chi connectivity index (χ0) is 28.1. The van der Waals surface area contributed by atoms with E-state index in [2.05, 4.69) is 9.97 Å². The first-order chi connectivity index (χ1) is 19.1. The molecule has 1 spiro atoms. The van der Waals surface area contributed by atoms with Gasteiger partial charge in [0, 0.05) is 25.1 Å². The molecule has 1 saturated carbocycles. The van der Waals surface area contributed by atoms with Gasteiger partial charge < -0.3 is 20.1 Å². The van der Waals surface area contributed by atoms with E-state index in [0.717, 1.165) is 11.3 Å². The van der Waals surface area contributed by atoms with Crippen molar-refractivity contribution < 1.29 is 19.1 Å². The van der Waals surface area contributed by atoms with Gasteiger partial charge in [-0.15, -0.1) is 0 Å². The molecule has 6 rings (SSSR count). The van der Waals surface area contributed by atoms with E-state index >= 15 is 0 Å². The highest BCUT2D eigenvalue weighted by Crippen LogP contribution is 2.48. The topological polar surface area (TPSA) is 125 Å². The molecular weight excluding hydrogens is 508 g/mol. The van der Waals surface area contributed by atoms with E-state index in [1.165, 1.54) is 6.33 Å². The molecule has 1 aliphatic heterocycles. The molecule has 2 N–H and O–H groups in total. The van der Waals surface area contributed by atoms with Crippen LogP contribution in [0.1, 0.15) is 46.1 Å². The number of Topliss-reactive ketones (excluding diaryl/α,β-unsaturated/α-hetero) is 1. The number of likely N-dealkylation sites (tertiary alicyclic amines) is 1. The van der Waals surface area contributed by atoms with Crippen molar-refractivity contribution in [1.29, 1.82) is 0 Å². The molecule has 1 saturated heterocycles. The van der Waals surface area contributed by atoms with Crippen LogP contribution in [0.4, 0.5) is 10.6 Å². The highest BCUT2D eigenvalue weighted by Gasteiger charge is 2.53. The van der Waals surface area contributed by atoms with Gasteiger partial charge in [0.25, 0.3) is 0 Å². The van der Waals surface area contributed by atoms with E-state index in [9.17, 15) is 9.59 Å². The predicted octanol–water partition coefficient (Wildman–Crippen LogP) is 5.40. The van der Waals surface area contributed by atoms with Gasteiger partial charge in [-0.05, 0) is 70.0 Å². The van der Waals surface area contributed by atoms with Gasteiger partial charge in [-0.2, -0.15) is 5.10 Å². The lowest BCUT2D eigenvalue weighted by Gasteiger charge is -2.26. The molecule has 206 valence electrons. The normalized spacial score (nSPS) is 20.9. The van der Waals surface area contributed by atoms with Crippen LogP contribution in [0.5, 0.6) is 11.5 Å². The third-order valence-corrected chi connectivity index (χ3v) is 7.62. The molecule has 4 aromatic rings. The van der Waals surface area contributed by atoms with Crippen LogP contribution in [-0.2, 0) is 9.53 Å². The number of nitrogens with two attached hydrogens (primary N) is 1. The molecule has 0 radical (unpaired) electrons. The molecule has 2 fully saturated rings. The molecule has 1 amide bonds. The largest absolute Gasteiger partial charge is 0.457 e. The van der Waals surface area contributed by atoms with E-state index in [1.807, 2.05) is 80.1 Å². The number of nitrogen functional groups attached to an aromatic ring is 1. The first-order valence-electron chi connectivity index (χ1n) is 13.5. The van der Waals surface area contributed by atoms with Crippen molar-refractivity contribution >= 4 is 28.7 Å². The van der Waals surface area contributed by atoms with Gasteiger partial charge in [-0.1, -0.05) is 18.2 Å². The molecule has 1 aliphatic carbocycles. The second-order valence-electron chi connectivity index (χ2n) is 11.6. The number of carbonyl (C=O) groups excluding carboxylic acids is 2. The number of carbonyl (C=O) groups is 2. The number of nitrogens with zero attached hydrogens (tertiary/aromatic N) is 5. The number of aromatic nitrogens is 4. The van der Waals surface area contributed by atoms with Crippen molar-refractivity contribution in [3.63, 3.8) is 0 Å². The average Bonchev–Trinajstić information content (AvgIpc) is 3.61.